The number of hydrogen-bond acceptors (Lipinski definition) is 1. The smallest absolute Gasteiger partial charge is 0.272 e. The lowest BCUT2D eigenvalue weighted by atomic mass is 10.3. The number of hydrogen-bond donors (Lipinski definition) is 0. The van der Waals surface area contributed by atoms with E-state index in [0.29, 0.717) is 0 Å². The molecule has 0 heterocycles. The fraction of sp³-hybridized carbons (Fsp3) is 0.400. The van der Waals surface area contributed by atoms with Gasteiger partial charge in [0.15, 0.2) is 5.57 Å². The van der Waals surface area contributed by atoms with E-state index < -0.39 is 17.9 Å². The van der Waals surface area contributed by atoms with Crippen LogP contribution >= 0.6 is 0 Å². The van der Waals surface area contributed by atoms with Crippen LogP contribution in [0.2, 0.25) is 0 Å². The lowest BCUT2D eigenvalue weighted by Gasteiger charge is -2.13. The van der Waals surface area contributed by atoms with Gasteiger partial charge in [-0.05, 0) is 6.72 Å². The van der Waals surface area contributed by atoms with Crippen LogP contribution in [0, 0.1) is 0 Å². The van der Waals surface area contributed by atoms with Crippen molar-refractivity contribution in [2.24, 2.45) is 4.99 Å². The van der Waals surface area contributed by atoms with Gasteiger partial charge in [-0.3, -0.25) is 4.99 Å². The second-order valence-electron chi connectivity index (χ2n) is 1.72. The van der Waals surface area contributed by atoms with Crippen molar-refractivity contribution in [2.75, 3.05) is 0 Å². The Labute approximate surface area is 63.4 Å². The van der Waals surface area contributed by atoms with Gasteiger partial charge in [-0.1, -0.05) is 0 Å². The lowest BCUT2D eigenvalue weighted by molar-refractivity contribution is -0.172. The van der Waals surface area contributed by atoms with Crippen molar-refractivity contribution in [3.05, 3.63) is 11.8 Å². The van der Waals surface area contributed by atoms with Crippen LogP contribution in [0.1, 0.15) is 0 Å². The predicted molar refractivity (Wildman–Crippen MR) is 29.7 cm³/mol. The summed E-state index contributed by atoms with van der Waals surface area (Å²) < 4.78 is 69.2. The largest absolute Gasteiger partial charge is 0.422 e. The van der Waals surface area contributed by atoms with E-state index in [-0.39, 0.29) is 6.20 Å². The second-order valence-corrected chi connectivity index (χ2v) is 1.72. The third-order valence-corrected chi connectivity index (χ3v) is 0.831. The zero-order valence-corrected chi connectivity index (χ0v) is 5.50. The number of halogens is 6. The molecular formula is C5H3F6N. The van der Waals surface area contributed by atoms with Gasteiger partial charge in [0, 0.05) is 6.20 Å². The third kappa shape index (κ3) is 2.93. The molecule has 0 saturated heterocycles. The van der Waals surface area contributed by atoms with E-state index in [4.69, 9.17) is 0 Å². The SMILES string of the molecule is C=NC=C(C(F)(F)F)C(F)(F)F. The van der Waals surface area contributed by atoms with E-state index in [0.717, 1.165) is 0 Å². The average molecular weight is 191 g/mol. The Morgan fingerprint density at radius 3 is 1.42 bits per heavy atom. The maximum Gasteiger partial charge on any atom is 0.422 e. The maximum atomic E-state index is 11.5. The Balaban J connectivity index is 4.95. The molecule has 0 rings (SSSR count). The summed E-state index contributed by atoms with van der Waals surface area (Å²) in [5.41, 5.74) is -2.66. The number of nitrogens with zero attached hydrogens (tertiary/aromatic N) is 1. The van der Waals surface area contributed by atoms with Crippen LogP contribution in [0.15, 0.2) is 16.8 Å². The summed E-state index contributed by atoms with van der Waals surface area (Å²) in [5, 5.41) is 0. The van der Waals surface area contributed by atoms with Crippen LogP contribution in [0.5, 0.6) is 0 Å². The van der Waals surface area contributed by atoms with Crippen molar-refractivity contribution in [3.63, 3.8) is 0 Å². The Hall–Kier alpha value is -1.01. The molecule has 12 heavy (non-hydrogen) atoms. The fourth-order valence-electron chi connectivity index (χ4n) is 0.398. The molecule has 0 radical (unpaired) electrons. The quantitative estimate of drug-likeness (QED) is 0.446. The van der Waals surface area contributed by atoms with Gasteiger partial charge >= 0.3 is 12.4 Å². The molecule has 0 spiro atoms. The highest BCUT2D eigenvalue weighted by atomic mass is 19.4. The Morgan fingerprint density at radius 1 is 1.00 bits per heavy atom. The third-order valence-electron chi connectivity index (χ3n) is 0.831. The van der Waals surface area contributed by atoms with Crippen LogP contribution < -0.4 is 0 Å². The number of aliphatic imine (C=N–C) groups is 1. The van der Waals surface area contributed by atoms with Gasteiger partial charge in [0.25, 0.3) is 0 Å². The molecule has 0 aliphatic rings. The van der Waals surface area contributed by atoms with Crippen molar-refractivity contribution in [3.8, 4) is 0 Å². The number of alkyl halides is 6. The van der Waals surface area contributed by atoms with Gasteiger partial charge in [0.05, 0.1) is 0 Å². The number of allylic oxidation sites excluding steroid dienone is 1. The molecule has 0 N–H and O–H groups in total. The Kier molecular flexibility index (Phi) is 2.89. The van der Waals surface area contributed by atoms with E-state index in [1.807, 2.05) is 0 Å². The molecular weight excluding hydrogens is 188 g/mol. The molecule has 0 fully saturated rings. The molecule has 0 bridgehead atoms. The predicted octanol–water partition coefficient (Wildman–Crippen LogP) is 2.70. The summed E-state index contributed by atoms with van der Waals surface area (Å²) in [4.78, 5) is 2.42. The first-order valence-corrected chi connectivity index (χ1v) is 2.50. The molecule has 0 aliphatic heterocycles. The number of rotatable bonds is 1. The Morgan fingerprint density at radius 2 is 1.33 bits per heavy atom. The molecule has 0 aromatic rings. The van der Waals surface area contributed by atoms with Crippen molar-refractivity contribution in [1.29, 1.82) is 0 Å². The minimum atomic E-state index is -5.44. The molecule has 0 unspecified atom stereocenters. The van der Waals surface area contributed by atoms with Crippen molar-refractivity contribution >= 4 is 6.72 Å². The van der Waals surface area contributed by atoms with Crippen LogP contribution in [0.25, 0.3) is 0 Å². The van der Waals surface area contributed by atoms with Gasteiger partial charge in [-0.2, -0.15) is 26.3 Å². The van der Waals surface area contributed by atoms with Crippen molar-refractivity contribution in [1.82, 2.24) is 0 Å². The standard InChI is InChI=1S/C5H3F6N/c1-12-2-3(4(6,7)8)5(9,10)11/h2H,1H2. The molecule has 0 aromatic carbocycles. The monoisotopic (exact) mass is 191 g/mol. The lowest BCUT2D eigenvalue weighted by Crippen LogP contribution is -2.25. The highest BCUT2D eigenvalue weighted by Gasteiger charge is 2.50. The first-order chi connectivity index (χ1) is 5.19. The van der Waals surface area contributed by atoms with E-state index in [1.54, 1.807) is 0 Å². The average Bonchev–Trinajstić information content (AvgIpc) is 1.77. The van der Waals surface area contributed by atoms with Gasteiger partial charge in [-0.15, -0.1) is 0 Å². The van der Waals surface area contributed by atoms with Crippen LogP contribution in [-0.2, 0) is 0 Å². The minimum Gasteiger partial charge on any atom is -0.272 e. The highest BCUT2D eigenvalue weighted by Crippen LogP contribution is 2.38. The maximum absolute atomic E-state index is 11.5. The molecule has 0 aliphatic carbocycles. The van der Waals surface area contributed by atoms with Crippen LogP contribution in [0.4, 0.5) is 26.3 Å². The summed E-state index contributed by atoms with van der Waals surface area (Å²) in [7, 11) is 0. The molecule has 0 atom stereocenters. The summed E-state index contributed by atoms with van der Waals surface area (Å²) in [6, 6.07) is 0. The second kappa shape index (κ2) is 3.16. The molecule has 0 amide bonds. The molecule has 0 saturated carbocycles. The normalized spacial score (nSPS) is 12.5. The van der Waals surface area contributed by atoms with Gasteiger partial charge in [0.2, 0.25) is 0 Å². The van der Waals surface area contributed by atoms with Gasteiger partial charge in [0.1, 0.15) is 0 Å². The van der Waals surface area contributed by atoms with E-state index in [9.17, 15) is 26.3 Å². The topological polar surface area (TPSA) is 12.4 Å². The first kappa shape index (κ1) is 11.0. The first-order valence-electron chi connectivity index (χ1n) is 2.50. The van der Waals surface area contributed by atoms with Gasteiger partial charge in [-0.25, -0.2) is 0 Å². The summed E-state index contributed by atoms with van der Waals surface area (Å²) in [6.45, 7) is 2.50. The summed E-state index contributed by atoms with van der Waals surface area (Å²) in [5.74, 6) is 0. The minimum absolute atomic E-state index is 0.361. The van der Waals surface area contributed by atoms with Crippen LogP contribution in [0.3, 0.4) is 0 Å². The van der Waals surface area contributed by atoms with Crippen LogP contribution in [-0.4, -0.2) is 19.1 Å². The van der Waals surface area contributed by atoms with E-state index in [2.05, 4.69) is 11.7 Å². The zero-order valence-electron chi connectivity index (χ0n) is 5.50. The molecule has 70 valence electrons. The van der Waals surface area contributed by atoms with Gasteiger partial charge < -0.3 is 0 Å². The molecule has 1 nitrogen and oxygen atoms in total. The molecule has 7 heteroatoms. The Bertz CT molecular complexity index is 181. The van der Waals surface area contributed by atoms with E-state index >= 15 is 0 Å². The van der Waals surface area contributed by atoms with Crippen molar-refractivity contribution in [2.45, 2.75) is 12.4 Å². The fourth-order valence-corrected chi connectivity index (χ4v) is 0.398. The summed E-state index contributed by atoms with van der Waals surface area (Å²) >= 11 is 0. The van der Waals surface area contributed by atoms with E-state index in [1.165, 1.54) is 0 Å². The summed E-state index contributed by atoms with van der Waals surface area (Å²) in [6.07, 6.45) is -11.3. The van der Waals surface area contributed by atoms with Crippen molar-refractivity contribution < 1.29 is 26.3 Å². The molecule has 0 aromatic heterocycles. The highest BCUT2D eigenvalue weighted by molar-refractivity contribution is 5.28. The zero-order chi connectivity index (χ0) is 9.99.